The zero-order valence-corrected chi connectivity index (χ0v) is 7.75. The van der Waals surface area contributed by atoms with Crippen molar-refractivity contribution >= 4 is 5.71 Å². The molecule has 15 heavy (non-hydrogen) atoms. The van der Waals surface area contributed by atoms with Gasteiger partial charge in [0.05, 0.1) is 5.71 Å². The molecule has 0 heterocycles. The molecule has 0 amide bonds. The van der Waals surface area contributed by atoms with Crippen molar-refractivity contribution in [1.82, 2.24) is 0 Å². The fraction of sp³-hybridized carbons (Fsp3) is 0.222. The first-order valence-corrected chi connectivity index (χ1v) is 3.97. The van der Waals surface area contributed by atoms with Crippen molar-refractivity contribution in [2.75, 3.05) is 0 Å². The summed E-state index contributed by atoms with van der Waals surface area (Å²) < 4.78 is 39.0. The first-order chi connectivity index (χ1) is 6.92. The van der Waals surface area contributed by atoms with Gasteiger partial charge in [0, 0.05) is 0 Å². The molecule has 82 valence electrons. The molecule has 0 aliphatic carbocycles. The van der Waals surface area contributed by atoms with Gasteiger partial charge >= 0.3 is 6.36 Å². The number of halogens is 3. The van der Waals surface area contributed by atoms with E-state index < -0.39 is 6.36 Å². The molecule has 0 unspecified atom stereocenters. The number of hydrogen-bond donors (Lipinski definition) is 1. The van der Waals surface area contributed by atoms with Gasteiger partial charge in [0.25, 0.3) is 0 Å². The molecule has 0 radical (unpaired) electrons. The van der Waals surface area contributed by atoms with Crippen LogP contribution in [0.5, 0.6) is 5.75 Å². The summed E-state index contributed by atoms with van der Waals surface area (Å²) in [6.07, 6.45) is -4.69. The summed E-state index contributed by atoms with van der Waals surface area (Å²) in [5.41, 5.74) is 0.834. The molecule has 0 fully saturated rings. The van der Waals surface area contributed by atoms with Gasteiger partial charge in [-0.25, -0.2) is 0 Å². The average molecular weight is 219 g/mol. The smallest absolute Gasteiger partial charge is 0.411 e. The van der Waals surface area contributed by atoms with Crippen molar-refractivity contribution in [2.45, 2.75) is 13.3 Å². The van der Waals surface area contributed by atoms with Crippen LogP contribution in [0.25, 0.3) is 0 Å². The molecule has 0 aliphatic heterocycles. The zero-order chi connectivity index (χ0) is 11.5. The lowest BCUT2D eigenvalue weighted by molar-refractivity contribution is -0.274. The molecule has 0 atom stereocenters. The molecule has 1 aromatic carbocycles. The van der Waals surface area contributed by atoms with Crippen LogP contribution >= 0.6 is 0 Å². The Kier molecular flexibility index (Phi) is 3.18. The monoisotopic (exact) mass is 219 g/mol. The molecular formula is C9H8F3NO2. The molecule has 1 aromatic rings. The maximum absolute atomic E-state index is 11.8. The fourth-order valence-electron chi connectivity index (χ4n) is 0.956. The van der Waals surface area contributed by atoms with Gasteiger partial charge in [0.2, 0.25) is 0 Å². The molecule has 1 rings (SSSR count). The third-order valence-electron chi connectivity index (χ3n) is 1.66. The number of oxime groups is 1. The maximum atomic E-state index is 11.8. The van der Waals surface area contributed by atoms with E-state index in [9.17, 15) is 13.2 Å². The van der Waals surface area contributed by atoms with E-state index in [1.54, 1.807) is 0 Å². The lowest BCUT2D eigenvalue weighted by Crippen LogP contribution is -2.17. The van der Waals surface area contributed by atoms with Gasteiger partial charge < -0.3 is 9.94 Å². The summed E-state index contributed by atoms with van der Waals surface area (Å²) in [7, 11) is 0. The van der Waals surface area contributed by atoms with Crippen molar-refractivity contribution in [3.63, 3.8) is 0 Å². The number of benzene rings is 1. The van der Waals surface area contributed by atoms with E-state index in [-0.39, 0.29) is 5.75 Å². The first-order valence-electron chi connectivity index (χ1n) is 3.97. The quantitative estimate of drug-likeness (QED) is 0.472. The topological polar surface area (TPSA) is 41.8 Å². The van der Waals surface area contributed by atoms with Crippen LogP contribution in [0.2, 0.25) is 0 Å². The van der Waals surface area contributed by atoms with Crippen LogP contribution in [0.15, 0.2) is 29.4 Å². The Morgan fingerprint density at radius 1 is 1.27 bits per heavy atom. The molecule has 0 bridgehead atoms. The summed E-state index contributed by atoms with van der Waals surface area (Å²) in [6, 6.07) is 5.04. The fourth-order valence-corrected chi connectivity index (χ4v) is 0.956. The summed E-state index contributed by atoms with van der Waals surface area (Å²) in [5, 5.41) is 11.3. The molecule has 0 aliphatic rings. The maximum Gasteiger partial charge on any atom is 0.573 e. The number of alkyl halides is 3. The minimum Gasteiger partial charge on any atom is -0.411 e. The van der Waals surface area contributed by atoms with Crippen LogP contribution in [-0.2, 0) is 0 Å². The predicted octanol–water partition coefficient (Wildman–Crippen LogP) is 2.78. The highest BCUT2D eigenvalue weighted by atomic mass is 19.4. The van der Waals surface area contributed by atoms with E-state index in [0.717, 1.165) is 12.1 Å². The predicted molar refractivity (Wildman–Crippen MR) is 47.1 cm³/mol. The van der Waals surface area contributed by atoms with Crippen molar-refractivity contribution in [3.05, 3.63) is 29.8 Å². The van der Waals surface area contributed by atoms with Crippen LogP contribution in [0.4, 0.5) is 13.2 Å². The van der Waals surface area contributed by atoms with E-state index in [1.165, 1.54) is 19.1 Å². The molecule has 0 saturated carbocycles. The highest BCUT2D eigenvalue weighted by molar-refractivity contribution is 5.98. The Morgan fingerprint density at radius 2 is 1.80 bits per heavy atom. The number of nitrogens with zero attached hydrogens (tertiary/aromatic N) is 1. The Labute approximate surface area is 83.8 Å². The highest BCUT2D eigenvalue weighted by Crippen LogP contribution is 2.22. The SMILES string of the molecule is CC(=NO)c1ccc(OC(F)(F)F)cc1. The summed E-state index contributed by atoms with van der Waals surface area (Å²) in [4.78, 5) is 0. The van der Waals surface area contributed by atoms with Crippen molar-refractivity contribution < 1.29 is 23.1 Å². The van der Waals surface area contributed by atoms with Crippen molar-refractivity contribution in [1.29, 1.82) is 0 Å². The van der Waals surface area contributed by atoms with Crippen LogP contribution in [-0.4, -0.2) is 17.3 Å². The minimum absolute atomic E-state index is 0.308. The minimum atomic E-state index is -4.69. The van der Waals surface area contributed by atoms with Gasteiger partial charge in [0.15, 0.2) is 0 Å². The second-order valence-electron chi connectivity index (χ2n) is 2.76. The summed E-state index contributed by atoms with van der Waals surface area (Å²) in [5.74, 6) is -0.308. The third-order valence-corrected chi connectivity index (χ3v) is 1.66. The lowest BCUT2D eigenvalue weighted by Gasteiger charge is -2.08. The van der Waals surface area contributed by atoms with Crippen LogP contribution in [0, 0.1) is 0 Å². The molecule has 1 N–H and O–H groups in total. The molecule has 6 heteroatoms. The average Bonchev–Trinajstić information content (AvgIpc) is 2.15. The first kappa shape index (κ1) is 11.4. The number of ether oxygens (including phenoxy) is 1. The van der Waals surface area contributed by atoms with Crippen LogP contribution in [0.3, 0.4) is 0 Å². The number of hydrogen-bond acceptors (Lipinski definition) is 3. The normalized spacial score (nSPS) is 12.7. The molecule has 0 aromatic heterocycles. The third kappa shape index (κ3) is 3.49. The second kappa shape index (κ2) is 4.20. The van der Waals surface area contributed by atoms with Crippen molar-refractivity contribution in [3.8, 4) is 5.75 Å². The van der Waals surface area contributed by atoms with Crippen LogP contribution < -0.4 is 4.74 Å². The van der Waals surface area contributed by atoms with E-state index in [4.69, 9.17) is 5.21 Å². The summed E-state index contributed by atoms with van der Waals surface area (Å²) >= 11 is 0. The Morgan fingerprint density at radius 3 is 2.20 bits per heavy atom. The van der Waals surface area contributed by atoms with Gasteiger partial charge in [-0.3, -0.25) is 0 Å². The summed E-state index contributed by atoms with van der Waals surface area (Å²) in [6.45, 7) is 1.53. The zero-order valence-electron chi connectivity index (χ0n) is 7.75. The molecular weight excluding hydrogens is 211 g/mol. The Bertz CT molecular complexity index is 357. The van der Waals surface area contributed by atoms with E-state index in [1.807, 2.05) is 0 Å². The second-order valence-corrected chi connectivity index (χ2v) is 2.76. The largest absolute Gasteiger partial charge is 0.573 e. The number of rotatable bonds is 2. The van der Waals surface area contributed by atoms with Gasteiger partial charge in [-0.05, 0) is 36.8 Å². The molecule has 0 saturated heterocycles. The highest BCUT2D eigenvalue weighted by Gasteiger charge is 2.30. The lowest BCUT2D eigenvalue weighted by atomic mass is 10.1. The van der Waals surface area contributed by atoms with E-state index >= 15 is 0 Å². The van der Waals surface area contributed by atoms with E-state index in [2.05, 4.69) is 9.89 Å². The van der Waals surface area contributed by atoms with E-state index in [0.29, 0.717) is 11.3 Å². The van der Waals surface area contributed by atoms with Gasteiger partial charge in [-0.15, -0.1) is 13.2 Å². The standard InChI is InChI=1S/C9H8F3NO2/c1-6(13-14)7-2-4-8(5-3-7)15-9(10,11)12/h2-5,14H,1H3. The van der Waals surface area contributed by atoms with Gasteiger partial charge in [-0.2, -0.15) is 0 Å². The van der Waals surface area contributed by atoms with Crippen molar-refractivity contribution in [2.24, 2.45) is 5.16 Å². The Hall–Kier alpha value is -1.72. The van der Waals surface area contributed by atoms with Gasteiger partial charge in [0.1, 0.15) is 5.75 Å². The molecule has 0 spiro atoms. The van der Waals surface area contributed by atoms with Crippen LogP contribution in [0.1, 0.15) is 12.5 Å². The Balaban J connectivity index is 2.82. The van der Waals surface area contributed by atoms with Gasteiger partial charge in [-0.1, -0.05) is 5.16 Å². The molecule has 3 nitrogen and oxygen atoms in total.